The molecule has 24 heavy (non-hydrogen) atoms. The molecular weight excluding hydrogens is 336 g/mol. The van der Waals surface area contributed by atoms with Gasteiger partial charge in [0, 0.05) is 19.5 Å². The van der Waals surface area contributed by atoms with Gasteiger partial charge in [-0.3, -0.25) is 0 Å². The Morgan fingerprint density at radius 3 is 2.50 bits per heavy atom. The van der Waals surface area contributed by atoms with Gasteiger partial charge in [-0.05, 0) is 27.2 Å². The molecular formula is C15H26N2O6S. The first-order chi connectivity index (χ1) is 10.9. The minimum atomic E-state index is -3.30. The van der Waals surface area contributed by atoms with Crippen LogP contribution >= 0.6 is 0 Å². The molecule has 1 amide bonds. The SMILES string of the molecule is COC(=O)[C@H](CC1=CCCN(S(C)(=O)=O)C1)NC(=O)OC(C)(C)C. The van der Waals surface area contributed by atoms with Gasteiger partial charge in [-0.15, -0.1) is 0 Å². The quantitative estimate of drug-likeness (QED) is 0.579. The Bertz CT molecular complexity index is 606. The molecule has 8 nitrogen and oxygen atoms in total. The number of methoxy groups -OCH3 is 1. The summed E-state index contributed by atoms with van der Waals surface area (Å²) in [6, 6.07) is -0.935. The van der Waals surface area contributed by atoms with Crippen LogP contribution in [-0.4, -0.2) is 62.9 Å². The van der Waals surface area contributed by atoms with E-state index in [4.69, 9.17) is 9.47 Å². The lowest BCUT2D eigenvalue weighted by Gasteiger charge is -2.27. The number of ether oxygens (including phenoxy) is 2. The first kappa shape index (κ1) is 20.4. The molecule has 9 heteroatoms. The largest absolute Gasteiger partial charge is 0.467 e. The molecule has 0 spiro atoms. The molecule has 0 saturated carbocycles. The molecule has 0 saturated heterocycles. The summed E-state index contributed by atoms with van der Waals surface area (Å²) < 4.78 is 34.5. The topological polar surface area (TPSA) is 102 Å². The predicted octanol–water partition coefficient (Wildman–Crippen LogP) is 1.03. The summed E-state index contributed by atoms with van der Waals surface area (Å²) in [7, 11) is -2.08. The van der Waals surface area contributed by atoms with Gasteiger partial charge in [0.2, 0.25) is 10.0 Å². The maximum absolute atomic E-state index is 11.9. The molecule has 1 aliphatic heterocycles. The zero-order valence-electron chi connectivity index (χ0n) is 14.8. The molecule has 0 aromatic rings. The van der Waals surface area contributed by atoms with Crippen molar-refractivity contribution >= 4 is 22.1 Å². The number of carbonyl (C=O) groups is 2. The maximum atomic E-state index is 11.9. The van der Waals surface area contributed by atoms with Gasteiger partial charge in [0.05, 0.1) is 13.4 Å². The van der Waals surface area contributed by atoms with E-state index in [0.29, 0.717) is 13.0 Å². The molecule has 1 rings (SSSR count). The number of rotatable bonds is 5. The van der Waals surface area contributed by atoms with Crippen LogP contribution in [0.1, 0.15) is 33.6 Å². The van der Waals surface area contributed by atoms with E-state index in [-0.39, 0.29) is 13.0 Å². The molecule has 138 valence electrons. The Labute approximate surface area is 143 Å². The van der Waals surface area contributed by atoms with Gasteiger partial charge in [0.25, 0.3) is 0 Å². The van der Waals surface area contributed by atoms with Crippen LogP contribution in [0.2, 0.25) is 0 Å². The number of nitrogens with zero attached hydrogens (tertiary/aromatic N) is 1. The van der Waals surface area contributed by atoms with Crippen LogP contribution in [0.4, 0.5) is 4.79 Å². The van der Waals surface area contributed by atoms with Gasteiger partial charge in [-0.2, -0.15) is 4.31 Å². The smallest absolute Gasteiger partial charge is 0.408 e. The Hall–Kier alpha value is -1.61. The Morgan fingerprint density at radius 2 is 2.00 bits per heavy atom. The molecule has 1 N–H and O–H groups in total. The second kappa shape index (κ2) is 7.98. The summed E-state index contributed by atoms with van der Waals surface area (Å²) in [6.45, 7) is 5.75. The molecule has 0 bridgehead atoms. The third kappa shape index (κ3) is 6.88. The average Bonchev–Trinajstić information content (AvgIpc) is 2.43. The van der Waals surface area contributed by atoms with Gasteiger partial charge in [-0.1, -0.05) is 11.6 Å². The lowest BCUT2D eigenvalue weighted by molar-refractivity contribution is -0.143. The molecule has 0 aromatic carbocycles. The van der Waals surface area contributed by atoms with Gasteiger partial charge in [-0.25, -0.2) is 18.0 Å². The van der Waals surface area contributed by atoms with Crippen molar-refractivity contribution in [1.82, 2.24) is 9.62 Å². The van der Waals surface area contributed by atoms with E-state index in [2.05, 4.69) is 5.32 Å². The number of esters is 1. The fourth-order valence-electron chi connectivity index (χ4n) is 2.26. The van der Waals surface area contributed by atoms with Crippen molar-refractivity contribution in [3.63, 3.8) is 0 Å². The molecule has 0 aliphatic carbocycles. The van der Waals surface area contributed by atoms with Gasteiger partial charge in [0.1, 0.15) is 11.6 Å². The minimum Gasteiger partial charge on any atom is -0.467 e. The summed E-state index contributed by atoms with van der Waals surface area (Å²) >= 11 is 0. The fourth-order valence-corrected chi connectivity index (χ4v) is 3.10. The fraction of sp³-hybridized carbons (Fsp3) is 0.733. The Morgan fingerprint density at radius 1 is 1.38 bits per heavy atom. The van der Waals surface area contributed by atoms with Crippen LogP contribution in [0.25, 0.3) is 0 Å². The van der Waals surface area contributed by atoms with Crippen LogP contribution in [0, 0.1) is 0 Å². The van der Waals surface area contributed by atoms with E-state index < -0.39 is 33.7 Å². The van der Waals surface area contributed by atoms with Crippen molar-refractivity contribution in [2.75, 3.05) is 26.5 Å². The number of hydrogen-bond donors (Lipinski definition) is 1. The normalized spacial score (nSPS) is 17.6. The van der Waals surface area contributed by atoms with Gasteiger partial charge in [0.15, 0.2) is 0 Å². The van der Waals surface area contributed by atoms with E-state index in [1.54, 1.807) is 20.8 Å². The zero-order valence-corrected chi connectivity index (χ0v) is 15.6. The van der Waals surface area contributed by atoms with Crippen molar-refractivity contribution in [1.29, 1.82) is 0 Å². The van der Waals surface area contributed by atoms with Crippen molar-refractivity contribution in [3.8, 4) is 0 Å². The van der Waals surface area contributed by atoms with Crippen molar-refractivity contribution in [3.05, 3.63) is 11.6 Å². The van der Waals surface area contributed by atoms with E-state index in [1.807, 2.05) is 6.08 Å². The summed E-state index contributed by atoms with van der Waals surface area (Å²) in [4.78, 5) is 23.8. The number of amides is 1. The van der Waals surface area contributed by atoms with Crippen LogP contribution in [0.3, 0.4) is 0 Å². The van der Waals surface area contributed by atoms with E-state index in [9.17, 15) is 18.0 Å². The second-order valence-corrected chi connectivity index (χ2v) is 8.66. The van der Waals surface area contributed by atoms with E-state index in [0.717, 1.165) is 11.8 Å². The van der Waals surface area contributed by atoms with Crippen LogP contribution in [0.5, 0.6) is 0 Å². The van der Waals surface area contributed by atoms with Crippen molar-refractivity contribution in [2.24, 2.45) is 0 Å². The predicted molar refractivity (Wildman–Crippen MR) is 88.9 cm³/mol. The second-order valence-electron chi connectivity index (χ2n) is 6.67. The van der Waals surface area contributed by atoms with Gasteiger partial charge < -0.3 is 14.8 Å². The van der Waals surface area contributed by atoms with Crippen LogP contribution in [-0.2, 0) is 24.3 Å². The number of carbonyl (C=O) groups excluding carboxylic acids is 2. The van der Waals surface area contributed by atoms with Crippen molar-refractivity contribution in [2.45, 2.75) is 45.3 Å². The molecule has 0 aromatic heterocycles. The van der Waals surface area contributed by atoms with Crippen LogP contribution in [0.15, 0.2) is 11.6 Å². The summed E-state index contributed by atoms with van der Waals surface area (Å²) in [5, 5.41) is 2.48. The highest BCUT2D eigenvalue weighted by Gasteiger charge is 2.28. The standard InChI is InChI=1S/C15H26N2O6S/c1-15(2,3)23-14(19)16-12(13(18)22-4)9-11-7-6-8-17(10-11)24(5,20)21/h7,12H,6,8-10H2,1-5H3,(H,16,19)/t12-/m0/s1. The zero-order chi connectivity index (χ0) is 18.5. The third-order valence-electron chi connectivity index (χ3n) is 3.30. The molecule has 0 fully saturated rings. The van der Waals surface area contributed by atoms with E-state index >= 15 is 0 Å². The minimum absolute atomic E-state index is 0.165. The average molecular weight is 362 g/mol. The molecule has 0 radical (unpaired) electrons. The summed E-state index contributed by atoms with van der Waals surface area (Å²) in [6.07, 6.45) is 3.02. The maximum Gasteiger partial charge on any atom is 0.408 e. The highest BCUT2D eigenvalue weighted by Crippen LogP contribution is 2.18. The third-order valence-corrected chi connectivity index (χ3v) is 4.55. The highest BCUT2D eigenvalue weighted by atomic mass is 32.2. The number of hydrogen-bond acceptors (Lipinski definition) is 6. The van der Waals surface area contributed by atoms with Crippen LogP contribution < -0.4 is 5.32 Å². The molecule has 0 unspecified atom stereocenters. The first-order valence-electron chi connectivity index (χ1n) is 7.63. The molecule has 1 heterocycles. The number of alkyl carbamates (subject to hydrolysis) is 1. The lowest BCUT2D eigenvalue weighted by atomic mass is 10.0. The number of sulfonamides is 1. The van der Waals surface area contributed by atoms with Crippen molar-refractivity contribution < 1.29 is 27.5 Å². The Kier molecular flexibility index (Phi) is 6.79. The Balaban J connectivity index is 2.78. The lowest BCUT2D eigenvalue weighted by Crippen LogP contribution is -2.45. The monoisotopic (exact) mass is 362 g/mol. The summed E-state index contributed by atoms with van der Waals surface area (Å²) in [5.74, 6) is -0.613. The highest BCUT2D eigenvalue weighted by molar-refractivity contribution is 7.88. The van der Waals surface area contributed by atoms with E-state index in [1.165, 1.54) is 11.4 Å². The number of nitrogens with one attached hydrogen (secondary N) is 1. The summed E-state index contributed by atoms with van der Waals surface area (Å²) in [5.41, 5.74) is 0.0558. The molecule has 1 aliphatic rings. The molecule has 1 atom stereocenters. The van der Waals surface area contributed by atoms with Gasteiger partial charge >= 0.3 is 12.1 Å². The first-order valence-corrected chi connectivity index (χ1v) is 9.47.